The van der Waals surface area contributed by atoms with Gasteiger partial charge in [0.05, 0.1) is 18.8 Å². The van der Waals surface area contributed by atoms with Crippen LogP contribution in [0.1, 0.15) is 29.3 Å². The minimum Gasteiger partial charge on any atom is -0.494 e. The van der Waals surface area contributed by atoms with E-state index in [2.05, 4.69) is 12.1 Å². The van der Waals surface area contributed by atoms with Crippen LogP contribution in [0.3, 0.4) is 0 Å². The molecule has 2 rings (SSSR count). The molecule has 0 fully saturated rings. The van der Waals surface area contributed by atoms with Gasteiger partial charge in [0.1, 0.15) is 5.75 Å². The third kappa shape index (κ3) is 4.95. The molecule has 0 radical (unpaired) electrons. The van der Waals surface area contributed by atoms with E-state index in [1.807, 2.05) is 24.3 Å². The average Bonchev–Trinajstić information content (AvgIpc) is 2.53. The Morgan fingerprint density at radius 3 is 2.62 bits per heavy atom. The van der Waals surface area contributed by atoms with Crippen LogP contribution in [0.5, 0.6) is 5.75 Å². The van der Waals surface area contributed by atoms with Crippen LogP contribution in [-0.4, -0.2) is 19.2 Å². The van der Waals surface area contributed by atoms with Crippen molar-refractivity contribution in [3.05, 3.63) is 65.7 Å². The molecule has 0 saturated heterocycles. The molecule has 0 saturated carbocycles. The van der Waals surface area contributed by atoms with E-state index in [9.17, 15) is 4.79 Å². The zero-order valence-electron chi connectivity index (χ0n) is 12.2. The topological polar surface area (TPSA) is 35.5 Å². The van der Waals surface area contributed by atoms with Crippen LogP contribution in [-0.2, 0) is 11.2 Å². The van der Waals surface area contributed by atoms with Crippen LogP contribution < -0.4 is 4.74 Å². The third-order valence-electron chi connectivity index (χ3n) is 3.07. The molecule has 0 spiro atoms. The normalized spacial score (nSPS) is 10.1. The molecular formula is C18H20O3. The van der Waals surface area contributed by atoms with Gasteiger partial charge in [-0.1, -0.05) is 36.4 Å². The second-order valence-corrected chi connectivity index (χ2v) is 4.69. The lowest BCUT2D eigenvalue weighted by molar-refractivity contribution is 0.0526. The maximum atomic E-state index is 11.6. The Kier molecular flexibility index (Phi) is 5.83. The molecule has 21 heavy (non-hydrogen) atoms. The average molecular weight is 284 g/mol. The summed E-state index contributed by atoms with van der Waals surface area (Å²) in [6.07, 6.45) is 1.92. The second kappa shape index (κ2) is 8.10. The molecule has 0 heterocycles. The van der Waals surface area contributed by atoms with Crippen molar-refractivity contribution in [3.8, 4) is 5.75 Å². The molecule has 0 aliphatic rings. The number of rotatable bonds is 7. The van der Waals surface area contributed by atoms with Gasteiger partial charge in [-0.15, -0.1) is 0 Å². The van der Waals surface area contributed by atoms with Crippen molar-refractivity contribution in [1.82, 2.24) is 0 Å². The SMILES string of the molecule is CCOC(=O)c1cccc(OCCCc2ccccc2)c1. The van der Waals surface area contributed by atoms with E-state index < -0.39 is 0 Å². The van der Waals surface area contributed by atoms with E-state index in [0.717, 1.165) is 12.8 Å². The van der Waals surface area contributed by atoms with Gasteiger partial charge in [0, 0.05) is 0 Å². The van der Waals surface area contributed by atoms with Crippen LogP contribution >= 0.6 is 0 Å². The van der Waals surface area contributed by atoms with Gasteiger partial charge in [-0.05, 0) is 43.5 Å². The summed E-state index contributed by atoms with van der Waals surface area (Å²) >= 11 is 0. The number of hydrogen-bond donors (Lipinski definition) is 0. The molecule has 2 aromatic carbocycles. The predicted molar refractivity (Wildman–Crippen MR) is 82.7 cm³/mol. The molecular weight excluding hydrogens is 264 g/mol. The van der Waals surface area contributed by atoms with E-state index in [1.54, 1.807) is 25.1 Å². The molecule has 0 aromatic heterocycles. The van der Waals surface area contributed by atoms with E-state index >= 15 is 0 Å². The lowest BCUT2D eigenvalue weighted by Gasteiger charge is -2.08. The standard InChI is InChI=1S/C18H20O3/c1-2-20-18(19)16-11-6-12-17(14-16)21-13-7-10-15-8-4-3-5-9-15/h3-6,8-9,11-12,14H,2,7,10,13H2,1H3. The molecule has 3 heteroatoms. The first-order valence-corrected chi connectivity index (χ1v) is 7.23. The van der Waals surface area contributed by atoms with Crippen molar-refractivity contribution >= 4 is 5.97 Å². The molecule has 0 amide bonds. The minimum atomic E-state index is -0.313. The van der Waals surface area contributed by atoms with E-state index in [0.29, 0.717) is 24.5 Å². The predicted octanol–water partition coefficient (Wildman–Crippen LogP) is 3.87. The van der Waals surface area contributed by atoms with Crippen LogP contribution in [0.2, 0.25) is 0 Å². The number of carbonyl (C=O) groups excluding carboxylic acids is 1. The van der Waals surface area contributed by atoms with E-state index in [-0.39, 0.29) is 5.97 Å². The van der Waals surface area contributed by atoms with Crippen molar-refractivity contribution in [1.29, 1.82) is 0 Å². The number of hydrogen-bond acceptors (Lipinski definition) is 3. The van der Waals surface area contributed by atoms with E-state index in [4.69, 9.17) is 9.47 Å². The first-order chi connectivity index (χ1) is 10.3. The quantitative estimate of drug-likeness (QED) is 0.572. The van der Waals surface area contributed by atoms with Gasteiger partial charge >= 0.3 is 5.97 Å². The van der Waals surface area contributed by atoms with Crippen LogP contribution in [0.25, 0.3) is 0 Å². The van der Waals surface area contributed by atoms with Crippen molar-refractivity contribution in [2.24, 2.45) is 0 Å². The smallest absolute Gasteiger partial charge is 0.338 e. The number of aryl methyl sites for hydroxylation is 1. The highest BCUT2D eigenvalue weighted by atomic mass is 16.5. The summed E-state index contributed by atoms with van der Waals surface area (Å²) in [5.41, 5.74) is 1.83. The maximum absolute atomic E-state index is 11.6. The lowest BCUT2D eigenvalue weighted by atomic mass is 10.1. The summed E-state index contributed by atoms with van der Waals surface area (Å²) in [4.78, 5) is 11.6. The summed E-state index contributed by atoms with van der Waals surface area (Å²) in [5, 5.41) is 0. The molecule has 0 aliphatic heterocycles. The van der Waals surface area contributed by atoms with Crippen molar-refractivity contribution < 1.29 is 14.3 Å². The highest BCUT2D eigenvalue weighted by molar-refractivity contribution is 5.89. The Hall–Kier alpha value is -2.29. The van der Waals surface area contributed by atoms with Crippen molar-refractivity contribution in [3.63, 3.8) is 0 Å². The first-order valence-electron chi connectivity index (χ1n) is 7.23. The first kappa shape index (κ1) is 15.1. The number of benzene rings is 2. The Morgan fingerprint density at radius 1 is 1.05 bits per heavy atom. The van der Waals surface area contributed by atoms with Crippen molar-refractivity contribution in [2.45, 2.75) is 19.8 Å². The molecule has 110 valence electrons. The van der Waals surface area contributed by atoms with Gasteiger partial charge in [-0.25, -0.2) is 4.79 Å². The Bertz CT molecular complexity index is 564. The largest absolute Gasteiger partial charge is 0.494 e. The molecule has 0 atom stereocenters. The maximum Gasteiger partial charge on any atom is 0.338 e. The summed E-state index contributed by atoms with van der Waals surface area (Å²) in [6, 6.07) is 17.4. The molecule has 0 unspecified atom stereocenters. The highest BCUT2D eigenvalue weighted by Crippen LogP contribution is 2.15. The summed E-state index contributed by atoms with van der Waals surface area (Å²) < 4.78 is 10.7. The summed E-state index contributed by atoms with van der Waals surface area (Å²) in [7, 11) is 0. The highest BCUT2D eigenvalue weighted by Gasteiger charge is 2.07. The van der Waals surface area contributed by atoms with Gasteiger partial charge in [0.15, 0.2) is 0 Å². The Balaban J connectivity index is 1.80. The lowest BCUT2D eigenvalue weighted by Crippen LogP contribution is -2.05. The van der Waals surface area contributed by atoms with Crippen LogP contribution in [0.4, 0.5) is 0 Å². The Morgan fingerprint density at radius 2 is 1.86 bits per heavy atom. The molecule has 3 nitrogen and oxygen atoms in total. The van der Waals surface area contributed by atoms with Gasteiger partial charge in [-0.3, -0.25) is 0 Å². The van der Waals surface area contributed by atoms with Gasteiger partial charge in [-0.2, -0.15) is 0 Å². The third-order valence-corrected chi connectivity index (χ3v) is 3.07. The van der Waals surface area contributed by atoms with Crippen LogP contribution in [0.15, 0.2) is 54.6 Å². The molecule has 2 aromatic rings. The zero-order chi connectivity index (χ0) is 14.9. The monoisotopic (exact) mass is 284 g/mol. The summed E-state index contributed by atoms with van der Waals surface area (Å²) in [6.45, 7) is 2.80. The fourth-order valence-electron chi connectivity index (χ4n) is 2.04. The molecule has 0 bridgehead atoms. The van der Waals surface area contributed by atoms with Crippen molar-refractivity contribution in [2.75, 3.05) is 13.2 Å². The van der Waals surface area contributed by atoms with Gasteiger partial charge < -0.3 is 9.47 Å². The summed E-state index contributed by atoms with van der Waals surface area (Å²) in [5.74, 6) is 0.390. The minimum absolute atomic E-state index is 0.313. The molecule has 0 N–H and O–H groups in total. The second-order valence-electron chi connectivity index (χ2n) is 4.69. The van der Waals surface area contributed by atoms with Gasteiger partial charge in [0.2, 0.25) is 0 Å². The van der Waals surface area contributed by atoms with Crippen LogP contribution in [0, 0.1) is 0 Å². The Labute approximate surface area is 125 Å². The number of carbonyl (C=O) groups is 1. The number of ether oxygens (including phenoxy) is 2. The van der Waals surface area contributed by atoms with E-state index in [1.165, 1.54) is 5.56 Å². The zero-order valence-corrected chi connectivity index (χ0v) is 12.2. The molecule has 0 aliphatic carbocycles. The fourth-order valence-corrected chi connectivity index (χ4v) is 2.04. The number of esters is 1. The fraction of sp³-hybridized carbons (Fsp3) is 0.278. The van der Waals surface area contributed by atoms with Gasteiger partial charge in [0.25, 0.3) is 0 Å².